The van der Waals surface area contributed by atoms with Crippen molar-refractivity contribution < 1.29 is 4.74 Å². The fourth-order valence-corrected chi connectivity index (χ4v) is 1.77. The molecule has 0 saturated carbocycles. The molecule has 4 heteroatoms. The van der Waals surface area contributed by atoms with Crippen molar-refractivity contribution in [3.8, 4) is 5.88 Å². The molecule has 18 heavy (non-hydrogen) atoms. The molecule has 1 rings (SSSR count). The van der Waals surface area contributed by atoms with Crippen LogP contribution in [0, 0.1) is 5.92 Å². The number of hydrogen-bond donors (Lipinski definition) is 1. The van der Waals surface area contributed by atoms with Crippen molar-refractivity contribution in [3.63, 3.8) is 0 Å². The van der Waals surface area contributed by atoms with Crippen LogP contribution in [0.4, 0.5) is 5.95 Å². The summed E-state index contributed by atoms with van der Waals surface area (Å²) in [7, 11) is 0. The highest BCUT2D eigenvalue weighted by Gasteiger charge is 2.07. The Morgan fingerprint density at radius 2 is 2.17 bits per heavy atom. The summed E-state index contributed by atoms with van der Waals surface area (Å²) in [6, 6.07) is 1.81. The van der Waals surface area contributed by atoms with Gasteiger partial charge in [-0.2, -0.15) is 4.98 Å². The number of aromatic nitrogens is 2. The van der Waals surface area contributed by atoms with Gasteiger partial charge in [0, 0.05) is 18.8 Å². The van der Waals surface area contributed by atoms with E-state index in [9.17, 15) is 0 Å². The monoisotopic (exact) mass is 251 g/mol. The van der Waals surface area contributed by atoms with Gasteiger partial charge in [0.05, 0.1) is 6.61 Å². The standard InChI is InChI=1S/C14H25N3O/c1-4-7-8-12(5-2)11-18-13-9-10-16-14(17-13)15-6-3/h9-10,12H,4-8,11H2,1-3H3,(H,15,16,17). The predicted octanol–water partition coefficient (Wildman–Crippen LogP) is 3.50. The molecule has 0 radical (unpaired) electrons. The fourth-order valence-electron chi connectivity index (χ4n) is 1.77. The molecular weight excluding hydrogens is 226 g/mol. The van der Waals surface area contributed by atoms with Crippen LogP contribution in [0.2, 0.25) is 0 Å². The highest BCUT2D eigenvalue weighted by Crippen LogP contribution is 2.15. The number of anilines is 1. The molecule has 1 unspecified atom stereocenters. The van der Waals surface area contributed by atoms with Gasteiger partial charge in [0.1, 0.15) is 0 Å². The number of nitrogens with one attached hydrogen (secondary N) is 1. The first-order valence-electron chi connectivity index (χ1n) is 6.99. The molecule has 0 bridgehead atoms. The maximum Gasteiger partial charge on any atom is 0.225 e. The van der Waals surface area contributed by atoms with Crippen LogP contribution in [-0.4, -0.2) is 23.1 Å². The molecule has 0 aliphatic carbocycles. The highest BCUT2D eigenvalue weighted by atomic mass is 16.5. The largest absolute Gasteiger partial charge is 0.477 e. The molecule has 0 fully saturated rings. The van der Waals surface area contributed by atoms with Crippen LogP contribution >= 0.6 is 0 Å². The molecule has 0 aromatic carbocycles. The summed E-state index contributed by atoms with van der Waals surface area (Å²) in [4.78, 5) is 8.43. The Labute approximate surface area is 110 Å². The molecular formula is C14H25N3O. The van der Waals surface area contributed by atoms with E-state index in [4.69, 9.17) is 4.74 Å². The summed E-state index contributed by atoms with van der Waals surface area (Å²) in [5.74, 6) is 1.93. The first kappa shape index (κ1) is 14.7. The number of ether oxygens (including phenoxy) is 1. The van der Waals surface area contributed by atoms with Gasteiger partial charge in [-0.25, -0.2) is 4.98 Å². The van der Waals surface area contributed by atoms with Crippen LogP contribution in [-0.2, 0) is 0 Å². The number of unbranched alkanes of at least 4 members (excludes halogenated alkanes) is 1. The SMILES string of the molecule is CCCCC(CC)COc1ccnc(NCC)n1. The van der Waals surface area contributed by atoms with E-state index < -0.39 is 0 Å². The minimum Gasteiger partial charge on any atom is -0.477 e. The second-order valence-corrected chi connectivity index (χ2v) is 4.48. The zero-order valence-corrected chi connectivity index (χ0v) is 11.8. The Bertz CT molecular complexity index is 331. The average molecular weight is 251 g/mol. The molecule has 0 aliphatic rings. The van der Waals surface area contributed by atoms with E-state index in [1.807, 2.05) is 13.0 Å². The Hall–Kier alpha value is -1.32. The summed E-state index contributed by atoms with van der Waals surface area (Å²) in [5.41, 5.74) is 0. The van der Waals surface area contributed by atoms with E-state index in [0.717, 1.165) is 19.6 Å². The van der Waals surface area contributed by atoms with Gasteiger partial charge >= 0.3 is 0 Å². The van der Waals surface area contributed by atoms with Gasteiger partial charge in [-0.3, -0.25) is 0 Å². The molecule has 1 aromatic rings. The van der Waals surface area contributed by atoms with Gasteiger partial charge in [0.15, 0.2) is 0 Å². The molecule has 1 heterocycles. The van der Waals surface area contributed by atoms with E-state index in [1.165, 1.54) is 19.3 Å². The molecule has 102 valence electrons. The molecule has 0 aliphatic heterocycles. The smallest absolute Gasteiger partial charge is 0.225 e. The first-order chi connectivity index (χ1) is 8.80. The van der Waals surface area contributed by atoms with Gasteiger partial charge < -0.3 is 10.1 Å². The van der Waals surface area contributed by atoms with E-state index in [0.29, 0.717) is 17.7 Å². The van der Waals surface area contributed by atoms with Crippen molar-refractivity contribution in [2.45, 2.75) is 46.5 Å². The lowest BCUT2D eigenvalue weighted by atomic mass is 10.0. The van der Waals surface area contributed by atoms with Crippen molar-refractivity contribution in [2.75, 3.05) is 18.5 Å². The minimum absolute atomic E-state index is 0.627. The summed E-state index contributed by atoms with van der Waals surface area (Å²) < 4.78 is 5.75. The molecule has 0 spiro atoms. The minimum atomic E-state index is 0.627. The quantitative estimate of drug-likeness (QED) is 0.729. The Morgan fingerprint density at radius 3 is 2.83 bits per heavy atom. The van der Waals surface area contributed by atoms with Crippen LogP contribution < -0.4 is 10.1 Å². The predicted molar refractivity (Wildman–Crippen MR) is 75.0 cm³/mol. The van der Waals surface area contributed by atoms with E-state index in [2.05, 4.69) is 29.1 Å². The Morgan fingerprint density at radius 1 is 1.33 bits per heavy atom. The van der Waals surface area contributed by atoms with Gasteiger partial charge in [-0.1, -0.05) is 33.1 Å². The van der Waals surface area contributed by atoms with Crippen molar-refractivity contribution in [3.05, 3.63) is 12.3 Å². The van der Waals surface area contributed by atoms with Crippen molar-refractivity contribution >= 4 is 5.95 Å². The highest BCUT2D eigenvalue weighted by molar-refractivity contribution is 5.26. The van der Waals surface area contributed by atoms with E-state index in [-0.39, 0.29) is 0 Å². The van der Waals surface area contributed by atoms with Crippen LogP contribution in [0.25, 0.3) is 0 Å². The Balaban J connectivity index is 2.43. The summed E-state index contributed by atoms with van der Waals surface area (Å²) in [5, 5.41) is 3.08. The second kappa shape index (κ2) is 8.72. The maximum absolute atomic E-state index is 5.75. The van der Waals surface area contributed by atoms with Crippen molar-refractivity contribution in [1.82, 2.24) is 9.97 Å². The fraction of sp³-hybridized carbons (Fsp3) is 0.714. The van der Waals surface area contributed by atoms with Crippen LogP contribution in [0.1, 0.15) is 46.5 Å². The van der Waals surface area contributed by atoms with Gasteiger partial charge in [0.25, 0.3) is 0 Å². The van der Waals surface area contributed by atoms with Gasteiger partial charge in [0.2, 0.25) is 11.8 Å². The van der Waals surface area contributed by atoms with Crippen molar-refractivity contribution in [1.29, 1.82) is 0 Å². The molecule has 1 N–H and O–H groups in total. The first-order valence-corrected chi connectivity index (χ1v) is 6.99. The van der Waals surface area contributed by atoms with Crippen molar-refractivity contribution in [2.24, 2.45) is 5.92 Å². The number of hydrogen-bond acceptors (Lipinski definition) is 4. The van der Waals surface area contributed by atoms with Crippen LogP contribution in [0.5, 0.6) is 5.88 Å². The molecule has 0 amide bonds. The molecule has 0 saturated heterocycles. The molecule has 1 atom stereocenters. The third-order valence-corrected chi connectivity index (χ3v) is 2.98. The topological polar surface area (TPSA) is 47.0 Å². The third-order valence-electron chi connectivity index (χ3n) is 2.98. The van der Waals surface area contributed by atoms with Crippen LogP contribution in [0.3, 0.4) is 0 Å². The van der Waals surface area contributed by atoms with E-state index >= 15 is 0 Å². The number of nitrogens with zero attached hydrogens (tertiary/aromatic N) is 2. The lowest BCUT2D eigenvalue weighted by Crippen LogP contribution is -2.12. The lowest BCUT2D eigenvalue weighted by molar-refractivity contribution is 0.226. The van der Waals surface area contributed by atoms with Gasteiger partial charge in [-0.15, -0.1) is 0 Å². The average Bonchev–Trinajstić information content (AvgIpc) is 2.40. The number of rotatable bonds is 9. The maximum atomic E-state index is 5.75. The van der Waals surface area contributed by atoms with Gasteiger partial charge in [-0.05, 0) is 19.3 Å². The summed E-state index contributed by atoms with van der Waals surface area (Å²) >= 11 is 0. The third kappa shape index (κ3) is 5.34. The second-order valence-electron chi connectivity index (χ2n) is 4.48. The Kier molecular flexibility index (Phi) is 7.14. The zero-order chi connectivity index (χ0) is 13.2. The van der Waals surface area contributed by atoms with E-state index in [1.54, 1.807) is 6.20 Å². The normalized spacial score (nSPS) is 12.2. The summed E-state index contributed by atoms with van der Waals surface area (Å²) in [6.07, 6.45) is 6.64. The molecule has 1 aromatic heterocycles. The molecule has 4 nitrogen and oxygen atoms in total. The zero-order valence-electron chi connectivity index (χ0n) is 11.8. The summed E-state index contributed by atoms with van der Waals surface area (Å²) in [6.45, 7) is 8.03. The van der Waals surface area contributed by atoms with Crippen LogP contribution in [0.15, 0.2) is 12.3 Å². The lowest BCUT2D eigenvalue weighted by Gasteiger charge is -2.15.